The molecule has 0 spiro atoms. The maximum atomic E-state index is 12.3. The van der Waals surface area contributed by atoms with Crippen LogP contribution in [0.1, 0.15) is 33.2 Å². The van der Waals surface area contributed by atoms with Gasteiger partial charge < -0.3 is 15.1 Å². The molecular weight excluding hydrogens is 316 g/mol. The fraction of sp³-hybridized carbons (Fsp3) is 0.211. The van der Waals surface area contributed by atoms with Crippen LogP contribution in [0.25, 0.3) is 0 Å². The third-order valence-electron chi connectivity index (χ3n) is 3.94. The van der Waals surface area contributed by atoms with E-state index in [0.29, 0.717) is 29.6 Å². The van der Waals surface area contributed by atoms with E-state index >= 15 is 0 Å². The van der Waals surface area contributed by atoms with Gasteiger partial charge in [0.15, 0.2) is 0 Å². The highest BCUT2D eigenvalue weighted by molar-refractivity contribution is 5.93. The van der Waals surface area contributed by atoms with Gasteiger partial charge in [-0.15, -0.1) is 0 Å². The van der Waals surface area contributed by atoms with Gasteiger partial charge in [-0.05, 0) is 50.1 Å². The Labute approximate surface area is 146 Å². The molecule has 0 atom stereocenters. The van der Waals surface area contributed by atoms with E-state index in [1.807, 2.05) is 19.1 Å². The third kappa shape index (κ3) is 4.03. The van der Waals surface area contributed by atoms with Crippen LogP contribution in [-0.4, -0.2) is 15.9 Å². The van der Waals surface area contributed by atoms with Crippen LogP contribution >= 0.6 is 0 Å². The second-order valence-corrected chi connectivity index (χ2v) is 5.82. The monoisotopic (exact) mass is 336 g/mol. The lowest BCUT2D eigenvalue weighted by Gasteiger charge is -2.12. The summed E-state index contributed by atoms with van der Waals surface area (Å²) >= 11 is 0. The molecule has 2 N–H and O–H groups in total. The molecule has 1 amide bonds. The Kier molecular flexibility index (Phi) is 4.79. The van der Waals surface area contributed by atoms with E-state index in [-0.39, 0.29) is 5.91 Å². The van der Waals surface area contributed by atoms with E-state index in [1.54, 1.807) is 31.4 Å². The van der Waals surface area contributed by atoms with Crippen LogP contribution in [0, 0.1) is 20.8 Å². The molecule has 6 nitrogen and oxygen atoms in total. The van der Waals surface area contributed by atoms with Crippen LogP contribution in [0.3, 0.4) is 0 Å². The Morgan fingerprint density at radius 3 is 2.72 bits per heavy atom. The number of rotatable bonds is 5. The molecule has 25 heavy (non-hydrogen) atoms. The van der Waals surface area contributed by atoms with E-state index in [0.717, 1.165) is 11.3 Å². The van der Waals surface area contributed by atoms with Crippen molar-refractivity contribution in [3.05, 3.63) is 71.1 Å². The highest BCUT2D eigenvalue weighted by Crippen LogP contribution is 2.22. The van der Waals surface area contributed by atoms with Crippen molar-refractivity contribution in [2.24, 2.45) is 0 Å². The zero-order valence-corrected chi connectivity index (χ0v) is 14.5. The van der Waals surface area contributed by atoms with Gasteiger partial charge in [-0.25, -0.2) is 9.97 Å². The topological polar surface area (TPSA) is 80.0 Å². The number of aromatic nitrogens is 2. The smallest absolute Gasteiger partial charge is 0.270 e. The molecule has 0 aliphatic rings. The lowest BCUT2D eigenvalue weighted by molar-refractivity contribution is 0.0942. The number of carbonyl (C=O) groups excluding carboxylic acids is 1. The van der Waals surface area contributed by atoms with E-state index in [4.69, 9.17) is 4.42 Å². The molecule has 1 aromatic carbocycles. The molecule has 0 saturated carbocycles. The molecule has 2 aromatic heterocycles. The summed E-state index contributed by atoms with van der Waals surface area (Å²) in [5.74, 6) is 1.53. The fourth-order valence-corrected chi connectivity index (χ4v) is 2.44. The molecule has 3 rings (SSSR count). The number of hydrogen-bond donors (Lipinski definition) is 2. The van der Waals surface area contributed by atoms with Gasteiger partial charge in [-0.3, -0.25) is 4.79 Å². The second-order valence-electron chi connectivity index (χ2n) is 5.82. The molecule has 0 aliphatic heterocycles. The lowest BCUT2D eigenvalue weighted by Crippen LogP contribution is -2.24. The van der Waals surface area contributed by atoms with Crippen LogP contribution in [0.2, 0.25) is 0 Å². The molecule has 0 saturated heterocycles. The average Bonchev–Trinajstić information content (AvgIpc) is 3.10. The van der Waals surface area contributed by atoms with Crippen LogP contribution in [0.5, 0.6) is 0 Å². The molecule has 0 fully saturated rings. The zero-order valence-electron chi connectivity index (χ0n) is 14.5. The van der Waals surface area contributed by atoms with Crippen molar-refractivity contribution in [2.75, 3.05) is 5.32 Å². The summed E-state index contributed by atoms with van der Waals surface area (Å²) in [4.78, 5) is 20.9. The van der Waals surface area contributed by atoms with Crippen molar-refractivity contribution >= 4 is 17.4 Å². The highest BCUT2D eigenvalue weighted by Gasteiger charge is 2.12. The number of carbonyl (C=O) groups is 1. The third-order valence-corrected chi connectivity index (χ3v) is 3.94. The Morgan fingerprint density at radius 2 is 1.96 bits per heavy atom. The predicted molar refractivity (Wildman–Crippen MR) is 95.8 cm³/mol. The number of aryl methyl sites for hydroxylation is 2. The molecule has 6 heteroatoms. The predicted octanol–water partition coefficient (Wildman–Crippen LogP) is 3.67. The Balaban J connectivity index is 1.78. The Hall–Kier alpha value is -3.15. The van der Waals surface area contributed by atoms with Crippen LogP contribution in [0.15, 0.2) is 47.1 Å². The first-order valence-corrected chi connectivity index (χ1v) is 8.02. The molecule has 0 bridgehead atoms. The first kappa shape index (κ1) is 16.7. The number of furan rings is 1. The minimum Gasteiger partial charge on any atom is -0.467 e. The largest absolute Gasteiger partial charge is 0.467 e. The molecule has 0 radical (unpaired) electrons. The lowest BCUT2D eigenvalue weighted by atomic mass is 10.1. The number of nitrogens with zero attached hydrogens (tertiary/aromatic N) is 2. The normalized spacial score (nSPS) is 10.5. The van der Waals surface area contributed by atoms with Crippen LogP contribution < -0.4 is 10.6 Å². The maximum absolute atomic E-state index is 12.3. The summed E-state index contributed by atoms with van der Waals surface area (Å²) in [7, 11) is 0. The minimum absolute atomic E-state index is 0.272. The molecule has 128 valence electrons. The molecular formula is C19H20N4O2. The summed E-state index contributed by atoms with van der Waals surface area (Å²) in [5, 5.41) is 6.06. The number of amides is 1. The van der Waals surface area contributed by atoms with Crippen molar-refractivity contribution < 1.29 is 9.21 Å². The fourth-order valence-electron chi connectivity index (χ4n) is 2.44. The summed E-state index contributed by atoms with van der Waals surface area (Å²) in [6, 6.07) is 11.2. The van der Waals surface area contributed by atoms with Gasteiger partial charge in [0, 0.05) is 11.8 Å². The van der Waals surface area contributed by atoms with E-state index in [2.05, 4.69) is 33.6 Å². The van der Waals surface area contributed by atoms with Gasteiger partial charge in [-0.2, -0.15) is 0 Å². The van der Waals surface area contributed by atoms with E-state index in [9.17, 15) is 4.79 Å². The maximum Gasteiger partial charge on any atom is 0.270 e. The summed E-state index contributed by atoms with van der Waals surface area (Å²) in [6.45, 7) is 6.17. The van der Waals surface area contributed by atoms with Crippen LogP contribution in [0.4, 0.5) is 11.5 Å². The van der Waals surface area contributed by atoms with Gasteiger partial charge in [-0.1, -0.05) is 12.1 Å². The standard InChI is InChI=1S/C19H20N4O2/c1-12-6-4-8-16(13(12)2)23-18-10-17(21-14(3)22-18)19(24)20-11-15-7-5-9-25-15/h4-10H,11H2,1-3H3,(H,20,24)(H,21,22,23). The molecule has 2 heterocycles. The Bertz CT molecular complexity index is 888. The van der Waals surface area contributed by atoms with E-state index in [1.165, 1.54) is 5.56 Å². The highest BCUT2D eigenvalue weighted by atomic mass is 16.3. The van der Waals surface area contributed by atoms with Gasteiger partial charge in [0.2, 0.25) is 0 Å². The van der Waals surface area contributed by atoms with E-state index < -0.39 is 0 Å². The number of hydrogen-bond acceptors (Lipinski definition) is 5. The van der Waals surface area contributed by atoms with Gasteiger partial charge in [0.25, 0.3) is 5.91 Å². The number of nitrogens with one attached hydrogen (secondary N) is 2. The quantitative estimate of drug-likeness (QED) is 0.743. The first-order valence-electron chi connectivity index (χ1n) is 8.02. The number of benzene rings is 1. The molecule has 0 unspecified atom stereocenters. The summed E-state index contributed by atoms with van der Waals surface area (Å²) < 4.78 is 5.21. The van der Waals surface area contributed by atoms with Crippen molar-refractivity contribution in [3.8, 4) is 0 Å². The average molecular weight is 336 g/mol. The summed E-state index contributed by atoms with van der Waals surface area (Å²) in [6.07, 6.45) is 1.57. The second kappa shape index (κ2) is 7.17. The number of anilines is 2. The van der Waals surface area contributed by atoms with Crippen molar-refractivity contribution in [1.82, 2.24) is 15.3 Å². The Morgan fingerprint density at radius 1 is 1.12 bits per heavy atom. The minimum atomic E-state index is -0.272. The van der Waals surface area contributed by atoms with Crippen molar-refractivity contribution in [1.29, 1.82) is 0 Å². The first-order chi connectivity index (χ1) is 12.0. The molecule has 0 aliphatic carbocycles. The van der Waals surface area contributed by atoms with Gasteiger partial charge >= 0.3 is 0 Å². The van der Waals surface area contributed by atoms with Crippen molar-refractivity contribution in [2.45, 2.75) is 27.3 Å². The van der Waals surface area contributed by atoms with Crippen LogP contribution in [-0.2, 0) is 6.54 Å². The van der Waals surface area contributed by atoms with Crippen molar-refractivity contribution in [3.63, 3.8) is 0 Å². The zero-order chi connectivity index (χ0) is 17.8. The van der Waals surface area contributed by atoms with Gasteiger partial charge in [0.05, 0.1) is 12.8 Å². The SMILES string of the molecule is Cc1nc(Nc2cccc(C)c2C)cc(C(=O)NCc2ccco2)n1. The van der Waals surface area contributed by atoms with Gasteiger partial charge in [0.1, 0.15) is 23.1 Å². The molecule has 3 aromatic rings. The summed E-state index contributed by atoms with van der Waals surface area (Å²) in [5.41, 5.74) is 3.60.